The third-order valence-corrected chi connectivity index (χ3v) is 4.21. The van der Waals surface area contributed by atoms with E-state index in [0.717, 1.165) is 11.3 Å². The SMILES string of the molecule is CC(c1ccccc1)C(N)c1cc2c(cc1Cl)OCCO2. The monoisotopic (exact) mass is 303 g/mol. The molecule has 1 heterocycles. The lowest BCUT2D eigenvalue weighted by molar-refractivity contribution is 0.171. The zero-order valence-electron chi connectivity index (χ0n) is 11.9. The van der Waals surface area contributed by atoms with Crippen LogP contribution >= 0.6 is 11.6 Å². The van der Waals surface area contributed by atoms with E-state index in [1.807, 2.05) is 24.3 Å². The van der Waals surface area contributed by atoms with Crippen LogP contribution < -0.4 is 15.2 Å². The zero-order chi connectivity index (χ0) is 14.8. The van der Waals surface area contributed by atoms with Crippen LogP contribution in [0.3, 0.4) is 0 Å². The summed E-state index contributed by atoms with van der Waals surface area (Å²) in [5, 5.41) is 0.620. The van der Waals surface area contributed by atoms with Gasteiger partial charge in [0.05, 0.1) is 0 Å². The van der Waals surface area contributed by atoms with Gasteiger partial charge in [-0.05, 0) is 17.2 Å². The van der Waals surface area contributed by atoms with E-state index < -0.39 is 0 Å². The fourth-order valence-electron chi connectivity index (χ4n) is 2.57. The van der Waals surface area contributed by atoms with Crippen LogP contribution in [0.4, 0.5) is 0 Å². The van der Waals surface area contributed by atoms with Gasteiger partial charge >= 0.3 is 0 Å². The Kier molecular flexibility index (Phi) is 4.04. The van der Waals surface area contributed by atoms with Crippen molar-refractivity contribution in [3.63, 3.8) is 0 Å². The molecule has 4 heteroatoms. The second kappa shape index (κ2) is 5.96. The van der Waals surface area contributed by atoms with Gasteiger partial charge in [-0.25, -0.2) is 0 Å². The smallest absolute Gasteiger partial charge is 0.162 e. The van der Waals surface area contributed by atoms with Gasteiger partial charge in [0.15, 0.2) is 11.5 Å². The maximum Gasteiger partial charge on any atom is 0.162 e. The Balaban J connectivity index is 1.92. The molecule has 2 atom stereocenters. The molecule has 0 aliphatic carbocycles. The molecule has 2 aromatic rings. The van der Waals surface area contributed by atoms with Crippen LogP contribution in [0.1, 0.15) is 30.0 Å². The van der Waals surface area contributed by atoms with Gasteiger partial charge < -0.3 is 15.2 Å². The van der Waals surface area contributed by atoms with Crippen LogP contribution in [0.2, 0.25) is 5.02 Å². The van der Waals surface area contributed by atoms with Crippen LogP contribution in [-0.4, -0.2) is 13.2 Å². The molecule has 21 heavy (non-hydrogen) atoms. The summed E-state index contributed by atoms with van der Waals surface area (Å²) in [6.07, 6.45) is 0. The summed E-state index contributed by atoms with van der Waals surface area (Å²) >= 11 is 6.37. The maximum atomic E-state index is 6.42. The predicted octanol–water partition coefficient (Wildman–Crippen LogP) is 3.91. The van der Waals surface area contributed by atoms with Crippen molar-refractivity contribution in [2.24, 2.45) is 5.73 Å². The minimum atomic E-state index is -0.198. The molecule has 0 spiro atoms. The molecule has 0 fully saturated rings. The lowest BCUT2D eigenvalue weighted by Crippen LogP contribution is -2.20. The Morgan fingerprint density at radius 1 is 1.05 bits per heavy atom. The van der Waals surface area contributed by atoms with Crippen LogP contribution in [0, 0.1) is 0 Å². The minimum Gasteiger partial charge on any atom is -0.486 e. The summed E-state index contributed by atoms with van der Waals surface area (Å²) in [6.45, 7) is 3.21. The van der Waals surface area contributed by atoms with Gasteiger partial charge in [-0.3, -0.25) is 0 Å². The first-order valence-corrected chi connectivity index (χ1v) is 7.44. The summed E-state index contributed by atoms with van der Waals surface area (Å²) in [4.78, 5) is 0. The van der Waals surface area contributed by atoms with Gasteiger partial charge in [0, 0.05) is 23.0 Å². The van der Waals surface area contributed by atoms with E-state index in [1.54, 1.807) is 6.07 Å². The molecule has 2 aromatic carbocycles. The molecule has 0 radical (unpaired) electrons. The largest absolute Gasteiger partial charge is 0.486 e. The van der Waals surface area contributed by atoms with E-state index in [1.165, 1.54) is 5.56 Å². The second-order valence-electron chi connectivity index (χ2n) is 5.24. The van der Waals surface area contributed by atoms with Crippen molar-refractivity contribution in [3.05, 3.63) is 58.6 Å². The van der Waals surface area contributed by atoms with Crippen LogP contribution in [0.5, 0.6) is 11.5 Å². The molecule has 0 bridgehead atoms. The summed E-state index contributed by atoms with van der Waals surface area (Å²) in [6, 6.07) is 13.7. The van der Waals surface area contributed by atoms with E-state index >= 15 is 0 Å². The van der Waals surface area contributed by atoms with E-state index in [4.69, 9.17) is 26.8 Å². The highest BCUT2D eigenvalue weighted by molar-refractivity contribution is 6.31. The van der Waals surface area contributed by atoms with Gasteiger partial charge in [-0.1, -0.05) is 48.9 Å². The van der Waals surface area contributed by atoms with Crippen molar-refractivity contribution in [1.29, 1.82) is 0 Å². The Bertz CT molecular complexity index is 630. The third-order valence-electron chi connectivity index (χ3n) is 3.88. The van der Waals surface area contributed by atoms with Crippen molar-refractivity contribution in [1.82, 2.24) is 0 Å². The number of nitrogens with two attached hydrogens (primary N) is 1. The molecule has 0 saturated carbocycles. The highest BCUT2D eigenvalue weighted by atomic mass is 35.5. The second-order valence-corrected chi connectivity index (χ2v) is 5.65. The van der Waals surface area contributed by atoms with Crippen molar-refractivity contribution >= 4 is 11.6 Å². The standard InChI is InChI=1S/C17H18ClNO2/c1-11(12-5-3-2-4-6-12)17(19)13-9-15-16(10-14(13)18)21-8-7-20-15/h2-6,9-11,17H,7-8,19H2,1H3. The van der Waals surface area contributed by atoms with E-state index in [2.05, 4.69) is 19.1 Å². The summed E-state index contributed by atoms with van der Waals surface area (Å²) in [5.74, 6) is 1.57. The summed E-state index contributed by atoms with van der Waals surface area (Å²) in [5.41, 5.74) is 8.50. The number of benzene rings is 2. The Morgan fingerprint density at radius 3 is 2.33 bits per heavy atom. The van der Waals surface area contributed by atoms with Crippen LogP contribution in [0.25, 0.3) is 0 Å². The van der Waals surface area contributed by atoms with Crippen molar-refractivity contribution in [3.8, 4) is 11.5 Å². The summed E-state index contributed by atoms with van der Waals surface area (Å²) < 4.78 is 11.1. The highest BCUT2D eigenvalue weighted by Crippen LogP contribution is 2.40. The topological polar surface area (TPSA) is 44.5 Å². The third kappa shape index (κ3) is 2.85. The first-order valence-electron chi connectivity index (χ1n) is 7.06. The number of halogens is 1. The average molecular weight is 304 g/mol. The zero-order valence-corrected chi connectivity index (χ0v) is 12.6. The number of rotatable bonds is 3. The van der Waals surface area contributed by atoms with Crippen molar-refractivity contribution < 1.29 is 9.47 Å². The number of fused-ring (bicyclic) bond motifs is 1. The highest BCUT2D eigenvalue weighted by Gasteiger charge is 2.23. The van der Waals surface area contributed by atoms with E-state index in [9.17, 15) is 0 Å². The van der Waals surface area contributed by atoms with Gasteiger partial charge in [0.2, 0.25) is 0 Å². The molecule has 110 valence electrons. The normalized spacial score (nSPS) is 16.3. The fourth-order valence-corrected chi connectivity index (χ4v) is 2.85. The first kappa shape index (κ1) is 14.2. The Hall–Kier alpha value is -1.71. The van der Waals surface area contributed by atoms with Gasteiger partial charge in [0.1, 0.15) is 13.2 Å². The molecule has 0 amide bonds. The predicted molar refractivity (Wildman–Crippen MR) is 84.2 cm³/mol. The summed E-state index contributed by atoms with van der Waals surface area (Å²) in [7, 11) is 0. The van der Waals surface area contributed by atoms with Crippen LogP contribution in [0.15, 0.2) is 42.5 Å². The molecule has 1 aliphatic heterocycles. The molecule has 0 aromatic heterocycles. The maximum absolute atomic E-state index is 6.42. The average Bonchev–Trinajstić information content (AvgIpc) is 2.53. The molecule has 0 saturated heterocycles. The molecule has 1 aliphatic rings. The van der Waals surface area contributed by atoms with E-state index in [-0.39, 0.29) is 12.0 Å². The molecule has 2 unspecified atom stereocenters. The van der Waals surface area contributed by atoms with Gasteiger partial charge in [0.25, 0.3) is 0 Å². The molecule has 3 nitrogen and oxygen atoms in total. The molecule has 3 rings (SSSR count). The Morgan fingerprint density at radius 2 is 1.67 bits per heavy atom. The minimum absolute atomic E-state index is 0.159. The van der Waals surface area contributed by atoms with Crippen molar-refractivity contribution in [2.75, 3.05) is 13.2 Å². The van der Waals surface area contributed by atoms with Crippen molar-refractivity contribution in [2.45, 2.75) is 18.9 Å². The van der Waals surface area contributed by atoms with Gasteiger partial charge in [-0.2, -0.15) is 0 Å². The molecular formula is C17H18ClNO2. The van der Waals surface area contributed by atoms with Gasteiger partial charge in [-0.15, -0.1) is 0 Å². The number of ether oxygens (including phenoxy) is 2. The van der Waals surface area contributed by atoms with Crippen LogP contribution in [-0.2, 0) is 0 Å². The number of hydrogen-bond donors (Lipinski definition) is 1. The lowest BCUT2D eigenvalue weighted by Gasteiger charge is -2.25. The molecular weight excluding hydrogens is 286 g/mol. The first-order chi connectivity index (χ1) is 10.2. The lowest BCUT2D eigenvalue weighted by atomic mass is 9.89. The Labute approximate surface area is 129 Å². The fraction of sp³-hybridized carbons (Fsp3) is 0.294. The quantitative estimate of drug-likeness (QED) is 0.935. The molecule has 2 N–H and O–H groups in total. The van der Waals surface area contributed by atoms with E-state index in [0.29, 0.717) is 24.0 Å². The number of hydrogen-bond acceptors (Lipinski definition) is 3.